The molecule has 0 saturated carbocycles. The van der Waals surface area contributed by atoms with E-state index in [4.69, 9.17) is 4.74 Å². The Kier molecular flexibility index (Phi) is 4.84. The number of nitrogens with one attached hydrogen (secondary N) is 2. The van der Waals surface area contributed by atoms with Crippen molar-refractivity contribution in [3.8, 4) is 17.0 Å². The molecule has 2 aromatic carbocycles. The van der Waals surface area contributed by atoms with E-state index in [0.717, 1.165) is 22.6 Å². The molecule has 1 atom stereocenters. The van der Waals surface area contributed by atoms with Crippen LogP contribution < -0.4 is 10.1 Å². The van der Waals surface area contributed by atoms with Gasteiger partial charge in [-0.25, -0.2) is 0 Å². The van der Waals surface area contributed by atoms with Gasteiger partial charge in [0.2, 0.25) is 0 Å². The normalized spacial score (nSPS) is 11.8. The molecule has 5 nitrogen and oxygen atoms in total. The van der Waals surface area contributed by atoms with Gasteiger partial charge in [0.1, 0.15) is 5.75 Å². The minimum Gasteiger partial charge on any atom is -0.497 e. The molecule has 0 aliphatic heterocycles. The largest absolute Gasteiger partial charge is 0.497 e. The van der Waals surface area contributed by atoms with Crippen LogP contribution in [0.25, 0.3) is 11.3 Å². The molecule has 1 amide bonds. The van der Waals surface area contributed by atoms with Crippen LogP contribution >= 0.6 is 0 Å². The maximum absolute atomic E-state index is 12.7. The predicted molar refractivity (Wildman–Crippen MR) is 97.6 cm³/mol. The molecule has 0 radical (unpaired) electrons. The van der Waals surface area contributed by atoms with Crippen molar-refractivity contribution in [3.63, 3.8) is 0 Å². The summed E-state index contributed by atoms with van der Waals surface area (Å²) in [6.45, 7) is 3.98. The maximum atomic E-state index is 12.7. The first-order valence-corrected chi connectivity index (χ1v) is 8.13. The fourth-order valence-electron chi connectivity index (χ4n) is 2.65. The number of aryl methyl sites for hydroxylation is 1. The highest BCUT2D eigenvalue weighted by Gasteiger charge is 2.17. The number of benzene rings is 2. The van der Waals surface area contributed by atoms with Gasteiger partial charge in [0, 0.05) is 5.56 Å². The zero-order valence-electron chi connectivity index (χ0n) is 14.5. The average Bonchev–Trinajstić information content (AvgIpc) is 3.12. The summed E-state index contributed by atoms with van der Waals surface area (Å²) in [4.78, 5) is 12.7. The molecule has 25 heavy (non-hydrogen) atoms. The summed E-state index contributed by atoms with van der Waals surface area (Å²) in [5.41, 5.74) is 4.37. The number of hydrogen-bond acceptors (Lipinski definition) is 3. The van der Waals surface area contributed by atoms with Crippen molar-refractivity contribution in [2.45, 2.75) is 19.9 Å². The van der Waals surface area contributed by atoms with Crippen molar-refractivity contribution in [2.24, 2.45) is 0 Å². The number of aromatic nitrogens is 2. The summed E-state index contributed by atoms with van der Waals surface area (Å²) in [5.74, 6) is 0.631. The van der Waals surface area contributed by atoms with Gasteiger partial charge in [0.15, 0.2) is 0 Å². The summed E-state index contributed by atoms with van der Waals surface area (Å²) in [5, 5.41) is 9.98. The van der Waals surface area contributed by atoms with Crippen molar-refractivity contribution < 1.29 is 9.53 Å². The summed E-state index contributed by atoms with van der Waals surface area (Å²) in [6, 6.07) is 15.5. The Hall–Kier alpha value is -3.08. The van der Waals surface area contributed by atoms with Gasteiger partial charge < -0.3 is 10.1 Å². The topological polar surface area (TPSA) is 67.0 Å². The molecule has 3 aromatic rings. The number of methoxy groups -OCH3 is 1. The molecule has 5 heteroatoms. The molecule has 0 fully saturated rings. The minimum atomic E-state index is -0.160. The third-order valence-corrected chi connectivity index (χ3v) is 4.19. The smallest absolute Gasteiger partial charge is 0.255 e. The lowest BCUT2D eigenvalue weighted by Gasteiger charge is -2.15. The Morgan fingerprint density at radius 3 is 2.44 bits per heavy atom. The lowest BCUT2D eigenvalue weighted by Crippen LogP contribution is -2.26. The Morgan fingerprint density at radius 2 is 1.80 bits per heavy atom. The zero-order chi connectivity index (χ0) is 17.8. The fourth-order valence-corrected chi connectivity index (χ4v) is 2.65. The van der Waals surface area contributed by atoms with E-state index in [1.165, 1.54) is 5.56 Å². The number of rotatable bonds is 5. The van der Waals surface area contributed by atoms with E-state index in [2.05, 4.69) is 15.5 Å². The van der Waals surface area contributed by atoms with Crippen LogP contribution in [-0.4, -0.2) is 23.2 Å². The average molecular weight is 335 g/mol. The number of carbonyl (C=O) groups excluding carboxylic acids is 1. The number of aromatic amines is 1. The Morgan fingerprint density at radius 1 is 1.12 bits per heavy atom. The molecule has 128 valence electrons. The first-order valence-electron chi connectivity index (χ1n) is 8.13. The molecular weight excluding hydrogens is 314 g/mol. The van der Waals surface area contributed by atoms with Crippen molar-refractivity contribution >= 4 is 5.91 Å². The molecule has 0 aliphatic rings. The van der Waals surface area contributed by atoms with Gasteiger partial charge in [0.05, 0.1) is 30.6 Å². The SMILES string of the molecule is COc1ccc(C(C)NC(=O)c2cn[nH]c2-c2ccc(C)cc2)cc1. The van der Waals surface area contributed by atoms with Crippen molar-refractivity contribution in [1.29, 1.82) is 0 Å². The standard InChI is InChI=1S/C20H21N3O2/c1-13-4-6-16(7-5-13)19-18(12-21-23-19)20(24)22-14(2)15-8-10-17(25-3)11-9-15/h4-12,14H,1-3H3,(H,21,23)(H,22,24). The van der Waals surface area contributed by atoms with Gasteiger partial charge >= 0.3 is 0 Å². The number of amides is 1. The Bertz CT molecular complexity index is 851. The van der Waals surface area contributed by atoms with E-state index in [1.807, 2.05) is 62.4 Å². The lowest BCUT2D eigenvalue weighted by molar-refractivity contribution is 0.0940. The third-order valence-electron chi connectivity index (χ3n) is 4.19. The monoisotopic (exact) mass is 335 g/mol. The van der Waals surface area contributed by atoms with Gasteiger partial charge in [0.25, 0.3) is 5.91 Å². The zero-order valence-corrected chi connectivity index (χ0v) is 14.5. The summed E-state index contributed by atoms with van der Waals surface area (Å²) in [7, 11) is 1.63. The Labute approximate surface area is 147 Å². The van der Waals surface area contributed by atoms with Crippen molar-refractivity contribution in [1.82, 2.24) is 15.5 Å². The molecule has 0 saturated heterocycles. The van der Waals surface area contributed by atoms with Crippen LogP contribution in [-0.2, 0) is 0 Å². The van der Waals surface area contributed by atoms with Crippen LogP contribution in [0.15, 0.2) is 54.7 Å². The predicted octanol–water partition coefficient (Wildman–Crippen LogP) is 3.88. The van der Waals surface area contributed by atoms with Gasteiger partial charge in [-0.2, -0.15) is 5.10 Å². The van der Waals surface area contributed by atoms with Crippen LogP contribution in [0.1, 0.15) is 34.5 Å². The van der Waals surface area contributed by atoms with E-state index in [0.29, 0.717) is 5.56 Å². The molecular formula is C20H21N3O2. The van der Waals surface area contributed by atoms with Crippen LogP contribution in [0.2, 0.25) is 0 Å². The second-order valence-corrected chi connectivity index (χ2v) is 5.99. The van der Waals surface area contributed by atoms with Crippen LogP contribution in [0.5, 0.6) is 5.75 Å². The molecule has 1 unspecified atom stereocenters. The number of ether oxygens (including phenoxy) is 1. The minimum absolute atomic E-state index is 0.126. The summed E-state index contributed by atoms with van der Waals surface area (Å²) >= 11 is 0. The van der Waals surface area contributed by atoms with Gasteiger partial charge in [-0.1, -0.05) is 42.0 Å². The maximum Gasteiger partial charge on any atom is 0.255 e. The quantitative estimate of drug-likeness (QED) is 0.743. The van der Waals surface area contributed by atoms with E-state index in [1.54, 1.807) is 13.3 Å². The van der Waals surface area contributed by atoms with Crippen LogP contribution in [0.3, 0.4) is 0 Å². The fraction of sp³-hybridized carbons (Fsp3) is 0.200. The molecule has 1 aromatic heterocycles. The third kappa shape index (κ3) is 3.71. The number of hydrogen-bond donors (Lipinski definition) is 2. The van der Waals surface area contributed by atoms with E-state index in [9.17, 15) is 4.79 Å². The highest BCUT2D eigenvalue weighted by atomic mass is 16.5. The number of nitrogens with zero attached hydrogens (tertiary/aromatic N) is 1. The molecule has 2 N–H and O–H groups in total. The van der Waals surface area contributed by atoms with Crippen LogP contribution in [0.4, 0.5) is 0 Å². The summed E-state index contributed by atoms with van der Waals surface area (Å²) < 4.78 is 5.16. The van der Waals surface area contributed by atoms with Crippen molar-refractivity contribution in [2.75, 3.05) is 7.11 Å². The van der Waals surface area contributed by atoms with E-state index in [-0.39, 0.29) is 11.9 Å². The lowest BCUT2D eigenvalue weighted by atomic mass is 10.0. The molecule has 1 heterocycles. The van der Waals surface area contributed by atoms with Gasteiger partial charge in [-0.3, -0.25) is 9.89 Å². The van der Waals surface area contributed by atoms with Gasteiger partial charge in [-0.15, -0.1) is 0 Å². The van der Waals surface area contributed by atoms with Crippen LogP contribution in [0, 0.1) is 6.92 Å². The first-order chi connectivity index (χ1) is 12.1. The van der Waals surface area contributed by atoms with E-state index < -0.39 is 0 Å². The first kappa shape index (κ1) is 16.8. The Balaban J connectivity index is 1.77. The van der Waals surface area contributed by atoms with Crippen molar-refractivity contribution in [3.05, 3.63) is 71.4 Å². The number of H-pyrrole nitrogens is 1. The highest BCUT2D eigenvalue weighted by Crippen LogP contribution is 2.23. The summed E-state index contributed by atoms with van der Waals surface area (Å²) in [6.07, 6.45) is 1.56. The van der Waals surface area contributed by atoms with E-state index >= 15 is 0 Å². The van der Waals surface area contributed by atoms with Gasteiger partial charge in [-0.05, 0) is 31.5 Å². The molecule has 0 aliphatic carbocycles. The highest BCUT2D eigenvalue weighted by molar-refractivity contribution is 5.99. The number of carbonyl (C=O) groups is 1. The molecule has 3 rings (SSSR count). The molecule has 0 bridgehead atoms. The molecule has 0 spiro atoms. The second-order valence-electron chi connectivity index (χ2n) is 5.99. The second kappa shape index (κ2) is 7.21.